The molecule has 0 aromatic heterocycles. The van der Waals surface area contributed by atoms with E-state index in [2.05, 4.69) is 4.74 Å². The Morgan fingerprint density at radius 3 is 2.24 bits per heavy atom. The van der Waals surface area contributed by atoms with Crippen LogP contribution in [0.3, 0.4) is 0 Å². The van der Waals surface area contributed by atoms with E-state index in [0.29, 0.717) is 5.75 Å². The first-order chi connectivity index (χ1) is 17.4. The third-order valence-electron chi connectivity index (χ3n) is 5.76. The molecule has 0 spiro atoms. The largest absolute Gasteiger partial charge is 0.573 e. The van der Waals surface area contributed by atoms with Crippen molar-refractivity contribution in [1.82, 2.24) is 0 Å². The van der Waals surface area contributed by atoms with E-state index in [-0.39, 0.29) is 16.9 Å². The molecule has 1 fully saturated rings. The molecule has 37 heavy (non-hydrogen) atoms. The van der Waals surface area contributed by atoms with Crippen molar-refractivity contribution in [1.29, 1.82) is 5.26 Å². The zero-order valence-corrected chi connectivity index (χ0v) is 19.9. The number of nitriles is 1. The smallest absolute Gasteiger partial charge is 0.454 e. The molecule has 3 unspecified atom stereocenters. The third-order valence-corrected chi connectivity index (χ3v) is 6.79. The second-order valence-corrected chi connectivity index (χ2v) is 9.37. The second-order valence-electron chi connectivity index (χ2n) is 7.99. The average molecular weight is 556 g/mol. The van der Waals surface area contributed by atoms with E-state index >= 15 is 0 Å². The van der Waals surface area contributed by atoms with Crippen LogP contribution in [0.2, 0.25) is 0 Å². The minimum Gasteiger partial charge on any atom is -0.454 e. The third kappa shape index (κ3) is 5.10. The van der Waals surface area contributed by atoms with Crippen LogP contribution >= 0.6 is 23.2 Å². The summed E-state index contributed by atoms with van der Waals surface area (Å²) < 4.78 is 64.6. The SMILES string of the molecule is N#CC(c1ccc(F)c(Oc2ccccc2)c1)C1C(Cl)(Cl)C1(OC(=O)O)c1ccc(OC(F)(F)F)cc1. The Hall–Kier alpha value is -3.68. The average Bonchev–Trinajstić information content (AvgIpc) is 3.30. The molecule has 1 N–H and O–H groups in total. The fraction of sp³-hybridized carbons (Fsp3) is 0.200. The van der Waals surface area contributed by atoms with Gasteiger partial charge in [0.25, 0.3) is 0 Å². The summed E-state index contributed by atoms with van der Waals surface area (Å²) in [5.41, 5.74) is -1.85. The molecule has 3 aromatic carbocycles. The van der Waals surface area contributed by atoms with E-state index in [9.17, 15) is 32.7 Å². The number of rotatable bonds is 7. The lowest BCUT2D eigenvalue weighted by Gasteiger charge is -2.20. The molecule has 1 aliphatic carbocycles. The van der Waals surface area contributed by atoms with E-state index in [1.165, 1.54) is 12.1 Å². The van der Waals surface area contributed by atoms with Gasteiger partial charge in [-0.15, -0.1) is 13.2 Å². The standard InChI is InChI=1S/C25H15Cl2F4NO5/c26-24(27)21(23(24,37-22(33)34)15-7-9-17(10-8-15)36-25(29,30)31)18(13-32)14-6-11-19(28)20(12-14)35-16-4-2-1-3-5-16/h1-12,18,21H,(H,33,34). The van der Waals surface area contributed by atoms with Crippen LogP contribution in [0.25, 0.3) is 0 Å². The van der Waals surface area contributed by atoms with Gasteiger partial charge in [0, 0.05) is 0 Å². The highest BCUT2D eigenvalue weighted by Gasteiger charge is 2.83. The summed E-state index contributed by atoms with van der Waals surface area (Å²) in [6.45, 7) is 0. The van der Waals surface area contributed by atoms with E-state index in [1.807, 2.05) is 6.07 Å². The molecule has 0 amide bonds. The van der Waals surface area contributed by atoms with E-state index < -0.39 is 45.9 Å². The zero-order valence-electron chi connectivity index (χ0n) is 18.4. The Bertz CT molecular complexity index is 1350. The number of halogens is 6. The molecule has 12 heteroatoms. The van der Waals surface area contributed by atoms with Crippen LogP contribution in [-0.4, -0.2) is 22.0 Å². The van der Waals surface area contributed by atoms with Crippen LogP contribution in [0.5, 0.6) is 17.2 Å². The quantitative estimate of drug-likeness (QED) is 0.184. The van der Waals surface area contributed by atoms with Crippen molar-refractivity contribution in [2.45, 2.75) is 22.2 Å². The highest BCUT2D eigenvalue weighted by molar-refractivity contribution is 6.52. The van der Waals surface area contributed by atoms with E-state index in [0.717, 1.165) is 30.3 Å². The molecule has 1 saturated carbocycles. The number of hydrogen-bond acceptors (Lipinski definition) is 5. The van der Waals surface area contributed by atoms with Crippen LogP contribution in [0.1, 0.15) is 17.0 Å². The van der Waals surface area contributed by atoms with Crippen LogP contribution in [-0.2, 0) is 10.3 Å². The maximum atomic E-state index is 14.5. The summed E-state index contributed by atoms with van der Waals surface area (Å²) in [4.78, 5) is 11.6. The summed E-state index contributed by atoms with van der Waals surface area (Å²) in [6, 6.07) is 17.9. The Labute approximate surface area is 217 Å². The fourth-order valence-electron chi connectivity index (χ4n) is 4.20. The minimum atomic E-state index is -4.95. The Morgan fingerprint density at radius 1 is 1.03 bits per heavy atom. The lowest BCUT2D eigenvalue weighted by atomic mass is 9.91. The highest BCUT2D eigenvalue weighted by Crippen LogP contribution is 2.74. The van der Waals surface area contributed by atoms with Crippen molar-refractivity contribution in [2.75, 3.05) is 0 Å². The van der Waals surface area contributed by atoms with Gasteiger partial charge in [0.2, 0.25) is 0 Å². The summed E-state index contributed by atoms with van der Waals surface area (Å²) >= 11 is 13.0. The number of hydrogen-bond donors (Lipinski definition) is 1. The molecule has 0 saturated heterocycles. The zero-order chi connectivity index (χ0) is 27.0. The summed E-state index contributed by atoms with van der Waals surface area (Å²) in [7, 11) is 0. The van der Waals surface area contributed by atoms with Crippen molar-refractivity contribution >= 4 is 29.4 Å². The molecule has 6 nitrogen and oxygen atoms in total. The number of carbonyl (C=O) groups is 1. The van der Waals surface area contributed by atoms with Crippen molar-refractivity contribution in [3.05, 3.63) is 89.7 Å². The summed E-state index contributed by atoms with van der Waals surface area (Å²) in [5, 5.41) is 19.4. The molecule has 192 valence electrons. The molecule has 1 aliphatic rings. The number of benzene rings is 3. The lowest BCUT2D eigenvalue weighted by Crippen LogP contribution is -2.24. The van der Waals surface area contributed by atoms with Gasteiger partial charge in [0.15, 0.2) is 21.5 Å². The molecule has 0 radical (unpaired) electrons. The minimum absolute atomic E-state index is 0.0115. The Kier molecular flexibility index (Phi) is 6.88. The first-order valence-electron chi connectivity index (χ1n) is 10.5. The van der Waals surface area contributed by atoms with Gasteiger partial charge in [0.05, 0.1) is 17.9 Å². The number of ether oxygens (including phenoxy) is 3. The molecule has 0 bridgehead atoms. The number of nitrogens with zero attached hydrogens (tertiary/aromatic N) is 1. The van der Waals surface area contributed by atoms with Gasteiger partial charge in [-0.3, -0.25) is 0 Å². The molecular formula is C25H15Cl2F4NO5. The number of carboxylic acid groups (broad SMARTS) is 1. The molecule has 3 aromatic rings. The van der Waals surface area contributed by atoms with Gasteiger partial charge >= 0.3 is 12.5 Å². The van der Waals surface area contributed by atoms with E-state index in [1.54, 1.807) is 30.3 Å². The lowest BCUT2D eigenvalue weighted by molar-refractivity contribution is -0.274. The fourth-order valence-corrected chi connectivity index (χ4v) is 5.18. The first-order valence-corrected chi connectivity index (χ1v) is 11.2. The van der Waals surface area contributed by atoms with Crippen molar-refractivity contribution in [3.63, 3.8) is 0 Å². The molecular weight excluding hydrogens is 541 g/mol. The van der Waals surface area contributed by atoms with Gasteiger partial charge < -0.3 is 19.3 Å². The maximum absolute atomic E-state index is 14.5. The molecule has 3 atom stereocenters. The van der Waals surface area contributed by atoms with Crippen molar-refractivity contribution < 1.29 is 41.7 Å². The first kappa shape index (κ1) is 26.4. The normalized spacial score (nSPS) is 20.8. The van der Waals surface area contributed by atoms with Crippen LogP contribution < -0.4 is 9.47 Å². The topological polar surface area (TPSA) is 88.8 Å². The van der Waals surface area contributed by atoms with Gasteiger partial charge in [-0.2, -0.15) is 5.26 Å². The van der Waals surface area contributed by atoms with Crippen molar-refractivity contribution in [3.8, 4) is 23.3 Å². The predicted octanol–water partition coefficient (Wildman–Crippen LogP) is 7.52. The highest BCUT2D eigenvalue weighted by atomic mass is 35.5. The van der Waals surface area contributed by atoms with Crippen LogP contribution in [0.4, 0.5) is 22.4 Å². The van der Waals surface area contributed by atoms with Gasteiger partial charge in [-0.1, -0.05) is 59.6 Å². The molecule has 4 rings (SSSR count). The number of alkyl halides is 5. The van der Waals surface area contributed by atoms with Crippen LogP contribution in [0.15, 0.2) is 72.8 Å². The predicted molar refractivity (Wildman–Crippen MR) is 123 cm³/mol. The molecule has 0 heterocycles. The van der Waals surface area contributed by atoms with E-state index in [4.69, 9.17) is 32.7 Å². The second kappa shape index (κ2) is 9.65. The summed E-state index contributed by atoms with van der Waals surface area (Å²) in [6.07, 6.45) is -6.73. The molecule has 0 aliphatic heterocycles. The summed E-state index contributed by atoms with van der Waals surface area (Å²) in [5.74, 6) is -3.65. The Balaban J connectivity index is 1.72. The maximum Gasteiger partial charge on any atom is 0.573 e. The van der Waals surface area contributed by atoms with Gasteiger partial charge in [-0.05, 0) is 47.5 Å². The monoisotopic (exact) mass is 555 g/mol. The number of para-hydroxylation sites is 1. The van der Waals surface area contributed by atoms with Crippen molar-refractivity contribution in [2.24, 2.45) is 5.92 Å². The Morgan fingerprint density at radius 2 is 1.68 bits per heavy atom. The van der Waals surface area contributed by atoms with Gasteiger partial charge in [0.1, 0.15) is 11.5 Å². The van der Waals surface area contributed by atoms with Gasteiger partial charge in [-0.25, -0.2) is 9.18 Å². The van der Waals surface area contributed by atoms with Crippen LogP contribution in [0, 0.1) is 23.1 Å².